The number of hydrogen-bond donors (Lipinski definition) is 3. The number of aromatic nitrogens is 1. The summed E-state index contributed by atoms with van der Waals surface area (Å²) in [5.41, 5.74) is 8.17. The minimum atomic E-state index is 0.736. The Bertz CT molecular complexity index is 1130. The van der Waals surface area contributed by atoms with Crippen LogP contribution in [0, 0.1) is 0 Å². The monoisotopic (exact) mass is 608 g/mol. The van der Waals surface area contributed by atoms with Crippen LogP contribution in [0.5, 0.6) is 0 Å². The number of para-hydroxylation sites is 1. The van der Waals surface area contributed by atoms with Gasteiger partial charge in [0.15, 0.2) is 0 Å². The van der Waals surface area contributed by atoms with E-state index in [-0.39, 0.29) is 0 Å². The van der Waals surface area contributed by atoms with E-state index in [0.29, 0.717) is 0 Å². The van der Waals surface area contributed by atoms with Crippen LogP contribution in [0.2, 0.25) is 5.02 Å². The fraction of sp³-hybridized carbons (Fsp3) is 0.421. The molecule has 1 heterocycles. The Labute approximate surface area is 270 Å². The van der Waals surface area contributed by atoms with Gasteiger partial charge in [-0.05, 0) is 84.7 Å². The normalized spacial score (nSPS) is 10.1. The molecule has 0 radical (unpaired) electrons. The van der Waals surface area contributed by atoms with E-state index in [0.717, 1.165) is 35.2 Å². The third kappa shape index (κ3) is 22.8. The van der Waals surface area contributed by atoms with E-state index in [1.807, 2.05) is 64.4 Å². The Kier molecular flexibility index (Phi) is 26.7. The molecular weight excluding hydrogens is 548 g/mol. The maximum atomic E-state index is 5.91. The topological polar surface area (TPSA) is 41.0 Å². The van der Waals surface area contributed by atoms with Crippen LogP contribution in [0.1, 0.15) is 81.1 Å². The predicted molar refractivity (Wildman–Crippen MR) is 199 cm³/mol. The second kappa shape index (κ2) is 27.5. The van der Waals surface area contributed by atoms with Crippen molar-refractivity contribution in [3.8, 4) is 0 Å². The van der Waals surface area contributed by atoms with Gasteiger partial charge in [0.1, 0.15) is 0 Å². The van der Waals surface area contributed by atoms with Gasteiger partial charge in [0, 0.05) is 45.3 Å². The van der Waals surface area contributed by atoms with Gasteiger partial charge in [-0.15, -0.1) is 0 Å². The summed E-state index contributed by atoms with van der Waals surface area (Å²) in [4.78, 5) is 0. The molecule has 2 rings (SSSR count). The van der Waals surface area contributed by atoms with Crippen molar-refractivity contribution in [2.75, 3.05) is 31.3 Å². The molecule has 0 aliphatic rings. The summed E-state index contributed by atoms with van der Waals surface area (Å²) >= 11 is 5.91. The number of halogens is 1. The molecule has 0 aliphatic carbocycles. The van der Waals surface area contributed by atoms with Gasteiger partial charge in [0.2, 0.25) is 0 Å². The molecule has 4 nitrogen and oxygen atoms in total. The van der Waals surface area contributed by atoms with E-state index < -0.39 is 0 Å². The van der Waals surface area contributed by atoms with Gasteiger partial charge in [-0.2, -0.15) is 0 Å². The Balaban J connectivity index is 0. The highest BCUT2D eigenvalue weighted by atomic mass is 35.5. The van der Waals surface area contributed by atoms with Crippen LogP contribution >= 0.6 is 11.6 Å². The number of benzene rings is 1. The fourth-order valence-electron chi connectivity index (χ4n) is 3.49. The molecule has 1 aromatic heterocycles. The number of unbranched alkanes of at least 4 members (excludes halogenated alkanes) is 3. The van der Waals surface area contributed by atoms with Crippen LogP contribution in [-0.2, 0) is 6.54 Å². The van der Waals surface area contributed by atoms with Gasteiger partial charge in [-0.1, -0.05) is 104 Å². The molecule has 0 saturated heterocycles. The molecule has 2 aromatic rings. The molecule has 0 unspecified atom stereocenters. The maximum Gasteiger partial charge on any atom is 0.0762 e. The number of nitrogens with zero attached hydrogens (tertiary/aromatic N) is 1. The van der Waals surface area contributed by atoms with Crippen LogP contribution in [0.3, 0.4) is 0 Å². The Hall–Kier alpha value is -3.37. The molecule has 0 atom stereocenters. The van der Waals surface area contributed by atoms with Gasteiger partial charge in [-0.25, -0.2) is 0 Å². The minimum Gasteiger partial charge on any atom is -0.386 e. The highest BCUT2D eigenvalue weighted by molar-refractivity contribution is 6.33. The second-order valence-corrected chi connectivity index (χ2v) is 10.7. The molecule has 0 amide bonds. The number of aryl methyl sites for hydroxylation is 1. The predicted octanol–water partition coefficient (Wildman–Crippen LogP) is 11.6. The Morgan fingerprint density at radius 2 is 1.51 bits per heavy atom. The summed E-state index contributed by atoms with van der Waals surface area (Å²) in [6.07, 6.45) is 19.5. The molecule has 0 spiro atoms. The zero-order valence-corrected chi connectivity index (χ0v) is 29.7. The lowest BCUT2D eigenvalue weighted by Gasteiger charge is -2.09. The summed E-state index contributed by atoms with van der Waals surface area (Å²) < 4.78 is 2.24. The largest absolute Gasteiger partial charge is 0.386 e. The molecular formula is C38H61ClN4. The summed E-state index contributed by atoms with van der Waals surface area (Å²) in [7, 11) is 3.72. The highest BCUT2D eigenvalue weighted by Gasteiger charge is 2.01. The first-order valence-electron chi connectivity index (χ1n) is 15.5. The van der Waals surface area contributed by atoms with E-state index in [9.17, 15) is 0 Å². The van der Waals surface area contributed by atoms with Crippen molar-refractivity contribution in [3.63, 3.8) is 0 Å². The highest BCUT2D eigenvalue weighted by Crippen LogP contribution is 2.28. The van der Waals surface area contributed by atoms with Crippen LogP contribution in [0.4, 0.5) is 11.4 Å². The zero-order valence-electron chi connectivity index (χ0n) is 28.9. The Morgan fingerprint density at radius 1 is 0.884 bits per heavy atom. The minimum absolute atomic E-state index is 0.736. The number of nitrogens with one attached hydrogen (secondary N) is 3. The van der Waals surface area contributed by atoms with Crippen molar-refractivity contribution in [3.05, 3.63) is 119 Å². The van der Waals surface area contributed by atoms with E-state index in [1.54, 1.807) is 0 Å². The third-order valence-electron chi connectivity index (χ3n) is 6.18. The zero-order chi connectivity index (χ0) is 33.0. The first-order valence-corrected chi connectivity index (χ1v) is 15.9. The van der Waals surface area contributed by atoms with Gasteiger partial charge < -0.3 is 20.5 Å². The molecule has 0 fully saturated rings. The van der Waals surface area contributed by atoms with Crippen molar-refractivity contribution in [1.29, 1.82) is 0 Å². The number of hydrogen-bond acceptors (Lipinski definition) is 3. The van der Waals surface area contributed by atoms with E-state index in [4.69, 9.17) is 11.6 Å². The van der Waals surface area contributed by atoms with Crippen molar-refractivity contribution in [1.82, 2.24) is 9.88 Å². The molecule has 240 valence electrons. The van der Waals surface area contributed by atoms with Crippen LogP contribution in [0.15, 0.2) is 114 Å². The van der Waals surface area contributed by atoms with Crippen molar-refractivity contribution in [2.45, 2.75) is 87.6 Å². The molecule has 5 heteroatoms. The van der Waals surface area contributed by atoms with E-state index >= 15 is 0 Å². The van der Waals surface area contributed by atoms with E-state index in [2.05, 4.69) is 112 Å². The summed E-state index contributed by atoms with van der Waals surface area (Å²) in [5, 5.41) is 10.1. The molecule has 1 aromatic carbocycles. The quantitative estimate of drug-likeness (QED) is 0.147. The fourth-order valence-corrected chi connectivity index (χ4v) is 3.76. The van der Waals surface area contributed by atoms with Crippen LogP contribution < -0.4 is 16.0 Å². The smallest absolute Gasteiger partial charge is 0.0762 e. The van der Waals surface area contributed by atoms with Crippen molar-refractivity contribution < 1.29 is 0 Å². The average Bonchev–Trinajstić information content (AvgIpc) is 3.51. The summed E-state index contributed by atoms with van der Waals surface area (Å²) in [5.74, 6) is 0. The van der Waals surface area contributed by atoms with Gasteiger partial charge >= 0.3 is 0 Å². The van der Waals surface area contributed by atoms with Gasteiger partial charge in [-0.3, -0.25) is 0 Å². The molecule has 3 N–H and O–H groups in total. The SMILES string of the molecule is C=C(/C=C\C=C(C)C)NCCCCCCn1cccc1.C=C/C(C)=C/C(C)=C(C)C.CC.CNc1cccc(Cl)c1NC. The standard InChI is InChI=1S/C18H28N2.C10H16.C8H11ClN2.C2H6/c1-17(2)11-10-12-18(3)19-13-6-4-5-7-14-20-15-8-9-16-20;1-6-9(4)7-10(5)8(2)3;1-10-7-5-3-4-6(9)8(7)11-2;1-2/h8-12,15-16,19H,3-7,13-14H2,1-2H3;6-7H,1H2,2-5H3;3-5,10-11H,1-2H3;1-2H3/b12-10-;9-7+;;. The lowest BCUT2D eigenvalue weighted by Crippen LogP contribution is -2.12. The summed E-state index contributed by atoms with van der Waals surface area (Å²) in [6.45, 7) is 26.4. The lowest BCUT2D eigenvalue weighted by atomic mass is 10.1. The summed E-state index contributed by atoms with van der Waals surface area (Å²) in [6, 6.07) is 9.90. The van der Waals surface area contributed by atoms with Gasteiger partial charge in [0.25, 0.3) is 0 Å². The molecule has 43 heavy (non-hydrogen) atoms. The average molecular weight is 609 g/mol. The lowest BCUT2D eigenvalue weighted by molar-refractivity contribution is 0.566. The van der Waals surface area contributed by atoms with Crippen molar-refractivity contribution >= 4 is 23.0 Å². The molecule has 0 bridgehead atoms. The number of allylic oxidation sites excluding steroid dienone is 9. The van der Waals surface area contributed by atoms with Crippen molar-refractivity contribution in [2.24, 2.45) is 0 Å². The second-order valence-electron chi connectivity index (χ2n) is 10.3. The Morgan fingerprint density at radius 3 is 2.02 bits per heavy atom. The first kappa shape index (κ1) is 41.8. The van der Waals surface area contributed by atoms with Gasteiger partial charge in [0.05, 0.1) is 16.4 Å². The number of anilines is 2. The number of rotatable bonds is 14. The van der Waals surface area contributed by atoms with Crippen LogP contribution in [-0.4, -0.2) is 25.2 Å². The maximum absolute atomic E-state index is 5.91. The van der Waals surface area contributed by atoms with Crippen LogP contribution in [0.25, 0.3) is 0 Å². The molecule has 0 aliphatic heterocycles. The van der Waals surface area contributed by atoms with E-state index in [1.165, 1.54) is 48.0 Å². The third-order valence-corrected chi connectivity index (χ3v) is 6.49. The molecule has 0 saturated carbocycles. The first-order chi connectivity index (χ1) is 20.5.